The van der Waals surface area contributed by atoms with Crippen molar-refractivity contribution in [3.05, 3.63) is 82.4 Å². The second-order valence-electron chi connectivity index (χ2n) is 6.73. The first-order valence-corrected chi connectivity index (χ1v) is 8.65. The molecule has 1 aromatic heterocycles. The summed E-state index contributed by atoms with van der Waals surface area (Å²) in [6.45, 7) is 7.71. The maximum atomic E-state index is 13.7. The quantitative estimate of drug-likeness (QED) is 0.540. The average molecular weight is 364 g/mol. The van der Waals surface area contributed by atoms with Crippen LogP contribution in [0.1, 0.15) is 32.9 Å². The Labute approximate surface area is 157 Å². The number of hydrogen-bond acceptors (Lipinski definition) is 2. The van der Waals surface area contributed by atoms with Crippen molar-refractivity contribution in [3.8, 4) is 5.69 Å². The number of amides is 1. The van der Waals surface area contributed by atoms with Crippen LogP contribution in [0.4, 0.5) is 10.1 Å². The van der Waals surface area contributed by atoms with Gasteiger partial charge in [0.2, 0.25) is 0 Å². The van der Waals surface area contributed by atoms with Crippen molar-refractivity contribution >= 4 is 17.4 Å². The molecule has 1 heterocycles. The van der Waals surface area contributed by atoms with E-state index in [0.29, 0.717) is 11.3 Å². The molecule has 0 aliphatic carbocycles. The molecular formula is C22H21FN2O2. The zero-order chi connectivity index (χ0) is 19.7. The summed E-state index contributed by atoms with van der Waals surface area (Å²) < 4.78 is 15.7. The van der Waals surface area contributed by atoms with Gasteiger partial charge in [-0.25, -0.2) is 4.39 Å². The normalized spacial score (nSPS) is 10.7. The monoisotopic (exact) mass is 364 g/mol. The van der Waals surface area contributed by atoms with Gasteiger partial charge in [-0.05, 0) is 69.2 Å². The van der Waals surface area contributed by atoms with Crippen molar-refractivity contribution in [2.24, 2.45) is 0 Å². The zero-order valence-corrected chi connectivity index (χ0v) is 15.8. The molecular weight excluding hydrogens is 343 g/mol. The lowest BCUT2D eigenvalue weighted by atomic mass is 10.1. The third-order valence-corrected chi connectivity index (χ3v) is 4.47. The van der Waals surface area contributed by atoms with Crippen LogP contribution in [0.5, 0.6) is 0 Å². The Morgan fingerprint density at radius 1 is 0.926 bits per heavy atom. The number of Topliss-reactive ketones (excluding diaryl/α,β-unsaturated/α-hetero) is 1. The molecule has 138 valence electrons. The van der Waals surface area contributed by atoms with Gasteiger partial charge < -0.3 is 9.88 Å². The largest absolute Gasteiger partial charge is 0.318 e. The molecule has 0 unspecified atom stereocenters. The van der Waals surface area contributed by atoms with Crippen LogP contribution in [-0.4, -0.2) is 16.3 Å². The summed E-state index contributed by atoms with van der Waals surface area (Å²) in [6.07, 6.45) is 0. The minimum atomic E-state index is -0.860. The Kier molecular flexibility index (Phi) is 4.95. The van der Waals surface area contributed by atoms with Crippen LogP contribution in [-0.2, 0) is 4.79 Å². The SMILES string of the molecule is Cc1cc(C)cc(-n2c(C)cc(C(=O)C(=O)Nc3ccccc3F)c2C)c1. The van der Waals surface area contributed by atoms with Gasteiger partial charge in [0.05, 0.1) is 5.69 Å². The highest BCUT2D eigenvalue weighted by molar-refractivity contribution is 6.46. The van der Waals surface area contributed by atoms with E-state index in [1.807, 2.05) is 37.5 Å². The molecule has 0 saturated carbocycles. The highest BCUT2D eigenvalue weighted by Crippen LogP contribution is 2.23. The van der Waals surface area contributed by atoms with Crippen molar-refractivity contribution < 1.29 is 14.0 Å². The summed E-state index contributed by atoms with van der Waals surface area (Å²) in [7, 11) is 0. The third-order valence-electron chi connectivity index (χ3n) is 4.47. The Morgan fingerprint density at radius 2 is 1.56 bits per heavy atom. The fourth-order valence-electron chi connectivity index (χ4n) is 3.33. The van der Waals surface area contributed by atoms with Crippen molar-refractivity contribution in [1.29, 1.82) is 0 Å². The van der Waals surface area contributed by atoms with Crippen LogP contribution in [0.2, 0.25) is 0 Å². The summed E-state index contributed by atoms with van der Waals surface area (Å²) >= 11 is 0. The minimum absolute atomic E-state index is 0.0148. The molecule has 0 atom stereocenters. The van der Waals surface area contributed by atoms with E-state index in [2.05, 4.69) is 11.4 Å². The minimum Gasteiger partial charge on any atom is -0.318 e. The average Bonchev–Trinajstić information content (AvgIpc) is 2.89. The van der Waals surface area contributed by atoms with E-state index < -0.39 is 17.5 Å². The van der Waals surface area contributed by atoms with Gasteiger partial charge in [-0.2, -0.15) is 0 Å². The Morgan fingerprint density at radius 3 is 2.19 bits per heavy atom. The number of benzene rings is 2. The topological polar surface area (TPSA) is 51.1 Å². The van der Waals surface area contributed by atoms with Crippen molar-refractivity contribution in [1.82, 2.24) is 4.57 Å². The van der Waals surface area contributed by atoms with E-state index in [0.717, 1.165) is 22.5 Å². The highest BCUT2D eigenvalue weighted by Gasteiger charge is 2.23. The number of rotatable bonds is 4. The number of ketones is 1. The molecule has 1 N–H and O–H groups in total. The van der Waals surface area contributed by atoms with Crippen LogP contribution >= 0.6 is 0 Å². The lowest BCUT2D eigenvalue weighted by molar-refractivity contribution is -0.112. The lowest BCUT2D eigenvalue weighted by Gasteiger charge is -2.12. The highest BCUT2D eigenvalue weighted by atomic mass is 19.1. The fraction of sp³-hybridized carbons (Fsp3) is 0.182. The molecule has 4 nitrogen and oxygen atoms in total. The van der Waals surface area contributed by atoms with Gasteiger partial charge in [0.25, 0.3) is 11.7 Å². The van der Waals surface area contributed by atoms with Crippen molar-refractivity contribution in [3.63, 3.8) is 0 Å². The maximum Gasteiger partial charge on any atom is 0.296 e. The van der Waals surface area contributed by atoms with Gasteiger partial charge in [-0.15, -0.1) is 0 Å². The number of carbonyl (C=O) groups excluding carboxylic acids is 2. The molecule has 0 fully saturated rings. The molecule has 0 aliphatic heterocycles. The number of nitrogens with zero attached hydrogens (tertiary/aromatic N) is 1. The maximum absolute atomic E-state index is 13.7. The third kappa shape index (κ3) is 3.67. The van der Waals surface area contributed by atoms with Gasteiger partial charge in [0.1, 0.15) is 5.82 Å². The summed E-state index contributed by atoms with van der Waals surface area (Å²) in [6, 6.07) is 13.6. The number of halogens is 1. The second-order valence-corrected chi connectivity index (χ2v) is 6.73. The molecule has 0 bridgehead atoms. The number of carbonyl (C=O) groups is 2. The molecule has 0 saturated heterocycles. The Balaban J connectivity index is 1.95. The number of aromatic nitrogens is 1. The molecule has 2 aromatic carbocycles. The summed E-state index contributed by atoms with van der Waals surface area (Å²) in [5.74, 6) is -2.14. The molecule has 3 rings (SSSR count). The predicted octanol–water partition coefficient (Wildman–Crippen LogP) is 4.67. The van der Waals surface area contributed by atoms with E-state index in [4.69, 9.17) is 0 Å². The number of nitrogens with one attached hydrogen (secondary N) is 1. The fourth-order valence-corrected chi connectivity index (χ4v) is 3.33. The van der Waals surface area contributed by atoms with Crippen LogP contribution in [0.25, 0.3) is 5.69 Å². The van der Waals surface area contributed by atoms with Gasteiger partial charge in [-0.1, -0.05) is 18.2 Å². The standard InChI is InChI=1S/C22H21FN2O2/c1-13-9-14(2)11-17(10-13)25-15(3)12-18(16(25)4)21(26)22(27)24-20-8-6-5-7-19(20)23/h5-12H,1-4H3,(H,24,27). The molecule has 5 heteroatoms. The molecule has 1 amide bonds. The molecule has 3 aromatic rings. The van der Waals surface area contributed by atoms with Gasteiger partial charge in [-0.3, -0.25) is 9.59 Å². The first-order valence-electron chi connectivity index (χ1n) is 8.65. The van der Waals surface area contributed by atoms with Crippen LogP contribution < -0.4 is 5.32 Å². The second kappa shape index (κ2) is 7.19. The first kappa shape index (κ1) is 18.6. The number of aryl methyl sites for hydroxylation is 3. The number of anilines is 1. The van der Waals surface area contributed by atoms with E-state index in [1.54, 1.807) is 19.1 Å². The summed E-state index contributed by atoms with van der Waals surface area (Å²) in [5.41, 5.74) is 4.98. The van der Waals surface area contributed by atoms with E-state index in [1.165, 1.54) is 18.2 Å². The van der Waals surface area contributed by atoms with Crippen LogP contribution in [0.3, 0.4) is 0 Å². The van der Waals surface area contributed by atoms with Crippen LogP contribution in [0.15, 0.2) is 48.5 Å². The molecule has 0 aliphatic rings. The summed E-state index contributed by atoms with van der Waals surface area (Å²) in [5, 5.41) is 2.35. The predicted molar refractivity (Wildman–Crippen MR) is 104 cm³/mol. The number of hydrogen-bond donors (Lipinski definition) is 1. The first-order chi connectivity index (χ1) is 12.8. The molecule has 27 heavy (non-hydrogen) atoms. The zero-order valence-electron chi connectivity index (χ0n) is 15.8. The van der Waals surface area contributed by atoms with E-state index in [9.17, 15) is 14.0 Å². The van der Waals surface area contributed by atoms with Gasteiger partial charge in [0.15, 0.2) is 0 Å². The summed E-state index contributed by atoms with van der Waals surface area (Å²) in [4.78, 5) is 25.0. The van der Waals surface area contributed by atoms with E-state index in [-0.39, 0.29) is 5.69 Å². The molecule has 0 spiro atoms. The smallest absolute Gasteiger partial charge is 0.296 e. The Hall–Kier alpha value is -3.21. The Bertz CT molecular complexity index is 1030. The van der Waals surface area contributed by atoms with E-state index >= 15 is 0 Å². The van der Waals surface area contributed by atoms with Crippen LogP contribution in [0, 0.1) is 33.5 Å². The van der Waals surface area contributed by atoms with Crippen molar-refractivity contribution in [2.45, 2.75) is 27.7 Å². The molecule has 0 radical (unpaired) electrons. The van der Waals surface area contributed by atoms with Gasteiger partial charge >= 0.3 is 0 Å². The van der Waals surface area contributed by atoms with Crippen molar-refractivity contribution in [2.75, 3.05) is 5.32 Å². The lowest BCUT2D eigenvalue weighted by Crippen LogP contribution is -2.23. The number of para-hydroxylation sites is 1. The van der Waals surface area contributed by atoms with Gasteiger partial charge in [0, 0.05) is 22.6 Å².